The van der Waals surface area contributed by atoms with Gasteiger partial charge >= 0.3 is 5.97 Å². The number of aromatic hydroxyl groups is 1. The molecule has 164 valence electrons. The van der Waals surface area contributed by atoms with E-state index in [1.54, 1.807) is 19.3 Å². The Morgan fingerprint density at radius 1 is 1.06 bits per heavy atom. The molecule has 5 rings (SSSR count). The lowest BCUT2D eigenvalue weighted by molar-refractivity contribution is 0.0696. The number of pyridine rings is 1. The fourth-order valence-electron chi connectivity index (χ4n) is 4.85. The molecule has 1 aliphatic rings. The molecule has 7 heteroatoms. The standard InChI is InChI=1S/C25H25N3O4/c1-15-19(25(30)31)20-21(23(29)17-5-3-4-6-18(17)24(20)32-15)22(16-7-9-26-10-8-16)28-13-11-27(2)12-14-28/h3-10,22,29H,11-14H2,1-2H3,(H,30,31). The van der Waals surface area contributed by atoms with Gasteiger partial charge in [0.15, 0.2) is 0 Å². The number of carbonyl (C=O) groups is 1. The first kappa shape index (κ1) is 20.5. The highest BCUT2D eigenvalue weighted by Gasteiger charge is 2.34. The quantitative estimate of drug-likeness (QED) is 0.504. The molecule has 2 aromatic carbocycles. The summed E-state index contributed by atoms with van der Waals surface area (Å²) in [6, 6.07) is 10.9. The summed E-state index contributed by atoms with van der Waals surface area (Å²) in [5, 5.41) is 23.5. The van der Waals surface area contributed by atoms with Crippen LogP contribution in [-0.4, -0.2) is 64.2 Å². The summed E-state index contributed by atoms with van der Waals surface area (Å²) >= 11 is 0. The van der Waals surface area contributed by atoms with Crippen molar-refractivity contribution in [1.29, 1.82) is 0 Å². The molecule has 3 heterocycles. The molecular formula is C25H25N3O4. The Kier molecular flexibility index (Phi) is 5.07. The van der Waals surface area contributed by atoms with Gasteiger partial charge in [-0.1, -0.05) is 24.3 Å². The predicted molar refractivity (Wildman–Crippen MR) is 122 cm³/mol. The van der Waals surface area contributed by atoms with Crippen molar-refractivity contribution >= 4 is 27.7 Å². The number of carboxylic acids is 1. The monoisotopic (exact) mass is 431 g/mol. The van der Waals surface area contributed by atoms with E-state index in [1.165, 1.54) is 0 Å². The van der Waals surface area contributed by atoms with Crippen molar-refractivity contribution in [2.24, 2.45) is 0 Å². The topological polar surface area (TPSA) is 90.0 Å². The normalized spacial score (nSPS) is 16.6. The predicted octanol–water partition coefficient (Wildman–Crippen LogP) is 4.03. The van der Waals surface area contributed by atoms with E-state index in [2.05, 4.69) is 21.8 Å². The Morgan fingerprint density at radius 3 is 2.38 bits per heavy atom. The van der Waals surface area contributed by atoms with E-state index in [9.17, 15) is 15.0 Å². The number of piperazine rings is 1. The van der Waals surface area contributed by atoms with Crippen LogP contribution >= 0.6 is 0 Å². The number of likely N-dealkylation sites (N-methyl/N-ethyl adjacent to an activating group) is 1. The third-order valence-electron chi connectivity index (χ3n) is 6.45. The maximum atomic E-state index is 12.3. The van der Waals surface area contributed by atoms with Gasteiger partial charge in [-0.2, -0.15) is 0 Å². The van der Waals surface area contributed by atoms with Crippen LogP contribution in [-0.2, 0) is 0 Å². The molecule has 32 heavy (non-hydrogen) atoms. The first-order chi connectivity index (χ1) is 15.5. The van der Waals surface area contributed by atoms with Gasteiger partial charge in [-0.15, -0.1) is 0 Å². The third kappa shape index (κ3) is 3.21. The van der Waals surface area contributed by atoms with Crippen molar-refractivity contribution in [3.63, 3.8) is 0 Å². The number of benzene rings is 2. The van der Waals surface area contributed by atoms with E-state index < -0.39 is 5.97 Å². The Bertz CT molecular complexity index is 1310. The Hall–Kier alpha value is -3.42. The van der Waals surface area contributed by atoms with Crippen LogP contribution in [0, 0.1) is 6.92 Å². The molecule has 1 unspecified atom stereocenters. The fraction of sp³-hybridized carbons (Fsp3) is 0.280. The average molecular weight is 431 g/mol. The number of aromatic nitrogens is 1. The lowest BCUT2D eigenvalue weighted by Gasteiger charge is -2.39. The maximum absolute atomic E-state index is 12.3. The van der Waals surface area contributed by atoms with Crippen molar-refractivity contribution in [2.75, 3.05) is 33.2 Å². The lowest BCUT2D eigenvalue weighted by Crippen LogP contribution is -2.46. The molecule has 0 radical (unpaired) electrons. The molecule has 0 spiro atoms. The summed E-state index contributed by atoms with van der Waals surface area (Å²) < 4.78 is 6.03. The zero-order chi connectivity index (χ0) is 22.4. The number of rotatable bonds is 4. The molecule has 1 aliphatic heterocycles. The van der Waals surface area contributed by atoms with Crippen LogP contribution in [0.3, 0.4) is 0 Å². The number of phenols is 1. The minimum Gasteiger partial charge on any atom is -0.507 e. The highest BCUT2D eigenvalue weighted by molar-refractivity contribution is 6.16. The number of furan rings is 1. The van der Waals surface area contributed by atoms with Gasteiger partial charge in [0, 0.05) is 60.3 Å². The number of hydrogen-bond donors (Lipinski definition) is 2. The van der Waals surface area contributed by atoms with Crippen LogP contribution in [0.2, 0.25) is 0 Å². The molecule has 2 N–H and O–H groups in total. The van der Waals surface area contributed by atoms with Crippen molar-refractivity contribution in [1.82, 2.24) is 14.8 Å². The minimum atomic E-state index is -1.07. The van der Waals surface area contributed by atoms with E-state index in [1.807, 2.05) is 36.4 Å². The second-order valence-electron chi connectivity index (χ2n) is 8.37. The van der Waals surface area contributed by atoms with Gasteiger partial charge in [-0.3, -0.25) is 9.88 Å². The Morgan fingerprint density at radius 2 is 1.72 bits per heavy atom. The number of hydrogen-bond acceptors (Lipinski definition) is 6. The van der Waals surface area contributed by atoms with E-state index in [-0.39, 0.29) is 17.4 Å². The molecule has 1 fully saturated rings. The summed E-state index contributed by atoms with van der Waals surface area (Å²) in [6.07, 6.45) is 3.46. The SMILES string of the molecule is Cc1oc2c(c1C(=O)O)c(C(c1ccncc1)N1CCN(C)CC1)c(O)c1ccccc12. The number of phenolic OH excluding ortho intramolecular Hbond substituents is 1. The van der Waals surface area contributed by atoms with E-state index in [0.29, 0.717) is 33.1 Å². The van der Waals surface area contributed by atoms with Crippen LogP contribution in [0.15, 0.2) is 53.2 Å². The molecule has 1 saturated heterocycles. The Balaban J connectivity index is 1.88. The van der Waals surface area contributed by atoms with Gasteiger partial charge in [-0.05, 0) is 31.7 Å². The zero-order valence-electron chi connectivity index (χ0n) is 18.1. The second-order valence-corrected chi connectivity index (χ2v) is 8.37. The molecule has 0 aliphatic carbocycles. The molecule has 0 amide bonds. The Labute approximate surface area is 185 Å². The van der Waals surface area contributed by atoms with Crippen LogP contribution in [0.1, 0.15) is 33.3 Å². The number of carboxylic acid groups (broad SMARTS) is 1. The summed E-state index contributed by atoms with van der Waals surface area (Å²) in [7, 11) is 2.09. The van der Waals surface area contributed by atoms with E-state index >= 15 is 0 Å². The van der Waals surface area contributed by atoms with Crippen molar-refractivity contribution in [3.8, 4) is 5.75 Å². The van der Waals surface area contributed by atoms with Gasteiger partial charge in [-0.25, -0.2) is 4.79 Å². The van der Waals surface area contributed by atoms with Gasteiger partial charge in [0.1, 0.15) is 22.7 Å². The second kappa shape index (κ2) is 7.93. The molecular weight excluding hydrogens is 406 g/mol. The largest absolute Gasteiger partial charge is 0.507 e. The number of fused-ring (bicyclic) bond motifs is 3. The molecule has 4 aromatic rings. The van der Waals surface area contributed by atoms with Gasteiger partial charge in [0.2, 0.25) is 0 Å². The first-order valence-corrected chi connectivity index (χ1v) is 10.7. The number of nitrogens with zero attached hydrogens (tertiary/aromatic N) is 3. The van der Waals surface area contributed by atoms with Crippen molar-refractivity contribution < 1.29 is 19.4 Å². The van der Waals surface area contributed by atoms with E-state index in [0.717, 1.165) is 31.7 Å². The smallest absolute Gasteiger partial charge is 0.339 e. The number of aromatic carboxylic acids is 1. The van der Waals surface area contributed by atoms with E-state index in [4.69, 9.17) is 4.42 Å². The number of aryl methyl sites for hydroxylation is 1. The summed E-state index contributed by atoms with van der Waals surface area (Å²) in [6.45, 7) is 5.01. The minimum absolute atomic E-state index is 0.0946. The molecule has 7 nitrogen and oxygen atoms in total. The maximum Gasteiger partial charge on any atom is 0.339 e. The average Bonchev–Trinajstić information content (AvgIpc) is 3.15. The van der Waals surface area contributed by atoms with Crippen LogP contribution in [0.5, 0.6) is 5.75 Å². The zero-order valence-corrected chi connectivity index (χ0v) is 18.1. The van der Waals surface area contributed by atoms with Crippen molar-refractivity contribution in [3.05, 3.63) is 71.2 Å². The van der Waals surface area contributed by atoms with Crippen molar-refractivity contribution in [2.45, 2.75) is 13.0 Å². The first-order valence-electron chi connectivity index (χ1n) is 10.7. The van der Waals surface area contributed by atoms with Gasteiger partial charge in [0.05, 0.1) is 6.04 Å². The summed E-state index contributed by atoms with van der Waals surface area (Å²) in [5.41, 5.74) is 2.12. The molecule has 2 aromatic heterocycles. The molecule has 0 bridgehead atoms. The molecule has 1 atom stereocenters. The highest BCUT2D eigenvalue weighted by atomic mass is 16.4. The van der Waals surface area contributed by atoms with Gasteiger partial charge < -0.3 is 19.5 Å². The third-order valence-corrected chi connectivity index (χ3v) is 6.45. The van der Waals surface area contributed by atoms with Crippen LogP contribution in [0.4, 0.5) is 0 Å². The summed E-state index contributed by atoms with van der Waals surface area (Å²) in [4.78, 5) is 21.0. The highest BCUT2D eigenvalue weighted by Crippen LogP contribution is 2.47. The van der Waals surface area contributed by atoms with Gasteiger partial charge in [0.25, 0.3) is 0 Å². The lowest BCUT2D eigenvalue weighted by atomic mass is 9.89. The fourth-order valence-corrected chi connectivity index (χ4v) is 4.85. The van der Waals surface area contributed by atoms with Crippen LogP contribution < -0.4 is 0 Å². The molecule has 0 saturated carbocycles. The van der Waals surface area contributed by atoms with Crippen LogP contribution in [0.25, 0.3) is 21.7 Å². The summed E-state index contributed by atoms with van der Waals surface area (Å²) in [5.74, 6) is -0.641.